The molecule has 0 bridgehead atoms. The molecule has 4 nitrogen and oxygen atoms in total. The van der Waals surface area contributed by atoms with Crippen molar-refractivity contribution in [1.82, 2.24) is 0 Å². The molecule has 84 valence electrons. The predicted molar refractivity (Wildman–Crippen MR) is 53.1 cm³/mol. The minimum Gasteiger partial charge on any atom is -0.479 e. The molecule has 14 heavy (non-hydrogen) atoms. The van der Waals surface area contributed by atoms with Crippen molar-refractivity contribution >= 4 is 5.97 Å². The Morgan fingerprint density at radius 3 is 2.29 bits per heavy atom. The van der Waals surface area contributed by atoms with Crippen molar-refractivity contribution in [3.63, 3.8) is 0 Å². The van der Waals surface area contributed by atoms with Gasteiger partial charge in [0.1, 0.15) is 0 Å². The van der Waals surface area contributed by atoms with E-state index >= 15 is 0 Å². The van der Waals surface area contributed by atoms with Gasteiger partial charge in [-0.1, -0.05) is 13.8 Å². The summed E-state index contributed by atoms with van der Waals surface area (Å²) in [5.74, 6) is -0.756. The molecule has 0 rings (SSSR count). The van der Waals surface area contributed by atoms with Crippen LogP contribution in [0.3, 0.4) is 0 Å². The van der Waals surface area contributed by atoms with Crippen LogP contribution in [0.15, 0.2) is 0 Å². The lowest BCUT2D eigenvalue weighted by Crippen LogP contribution is -2.41. The summed E-state index contributed by atoms with van der Waals surface area (Å²) in [5.41, 5.74) is -1.79. The molecule has 0 aromatic carbocycles. The fourth-order valence-corrected chi connectivity index (χ4v) is 1.10. The first-order valence-corrected chi connectivity index (χ1v) is 4.83. The van der Waals surface area contributed by atoms with Crippen LogP contribution in [0.4, 0.5) is 0 Å². The highest BCUT2D eigenvalue weighted by molar-refractivity contribution is 5.76. The molecule has 0 fully saturated rings. The molecule has 2 unspecified atom stereocenters. The summed E-state index contributed by atoms with van der Waals surface area (Å²) in [6, 6.07) is 0. The van der Waals surface area contributed by atoms with Gasteiger partial charge in [-0.05, 0) is 26.2 Å². The molecule has 0 heterocycles. The van der Waals surface area contributed by atoms with Gasteiger partial charge in [-0.25, -0.2) is 4.79 Å². The van der Waals surface area contributed by atoms with E-state index in [-0.39, 0.29) is 12.7 Å². The number of hydrogen-bond acceptors (Lipinski definition) is 3. The van der Waals surface area contributed by atoms with Gasteiger partial charge in [-0.2, -0.15) is 0 Å². The van der Waals surface area contributed by atoms with Gasteiger partial charge in [0.2, 0.25) is 0 Å². The third-order valence-electron chi connectivity index (χ3n) is 1.91. The molecule has 0 aliphatic rings. The van der Waals surface area contributed by atoms with E-state index in [9.17, 15) is 9.90 Å². The highest BCUT2D eigenvalue weighted by atomic mass is 16.5. The lowest BCUT2D eigenvalue weighted by atomic mass is 10.1. The Bertz CT molecular complexity index is 187. The van der Waals surface area contributed by atoms with Crippen LogP contribution in [0.2, 0.25) is 0 Å². The second-order valence-electron chi connectivity index (χ2n) is 4.33. The Balaban J connectivity index is 3.87. The lowest BCUT2D eigenvalue weighted by molar-refractivity contribution is -0.164. The summed E-state index contributed by atoms with van der Waals surface area (Å²) in [6.07, 6.45) is 0.830. The van der Waals surface area contributed by atoms with Crippen LogP contribution in [-0.2, 0) is 9.53 Å². The Morgan fingerprint density at radius 2 is 1.93 bits per heavy atom. The fraction of sp³-hybridized carbons (Fsp3) is 0.900. The maximum absolute atomic E-state index is 10.5. The quantitative estimate of drug-likeness (QED) is 0.683. The van der Waals surface area contributed by atoms with Crippen molar-refractivity contribution in [3.05, 3.63) is 0 Å². The van der Waals surface area contributed by atoms with Crippen molar-refractivity contribution in [2.24, 2.45) is 5.92 Å². The van der Waals surface area contributed by atoms with Crippen molar-refractivity contribution in [2.75, 3.05) is 6.61 Å². The first-order chi connectivity index (χ1) is 6.25. The molecule has 0 saturated carbocycles. The summed E-state index contributed by atoms with van der Waals surface area (Å²) < 4.78 is 5.25. The van der Waals surface area contributed by atoms with Gasteiger partial charge in [0, 0.05) is 0 Å². The summed E-state index contributed by atoms with van der Waals surface area (Å²) in [7, 11) is 0. The van der Waals surface area contributed by atoms with Crippen LogP contribution in [0.5, 0.6) is 0 Å². The smallest absolute Gasteiger partial charge is 0.337 e. The van der Waals surface area contributed by atoms with Crippen molar-refractivity contribution < 1.29 is 19.7 Å². The van der Waals surface area contributed by atoms with E-state index in [1.54, 1.807) is 0 Å². The molecule has 0 spiro atoms. The van der Waals surface area contributed by atoms with Crippen LogP contribution in [0.25, 0.3) is 0 Å². The van der Waals surface area contributed by atoms with Crippen molar-refractivity contribution in [2.45, 2.75) is 45.8 Å². The summed E-state index contributed by atoms with van der Waals surface area (Å²) in [6.45, 7) is 7.07. The normalized spacial score (nSPS) is 17.9. The van der Waals surface area contributed by atoms with Gasteiger partial charge in [0.05, 0.1) is 12.7 Å². The number of carbonyl (C=O) groups is 1. The zero-order valence-corrected chi connectivity index (χ0v) is 9.28. The zero-order valence-electron chi connectivity index (χ0n) is 9.28. The topological polar surface area (TPSA) is 66.8 Å². The maximum Gasteiger partial charge on any atom is 0.337 e. The highest BCUT2D eigenvalue weighted by Gasteiger charge is 2.30. The fourth-order valence-electron chi connectivity index (χ4n) is 1.10. The molecule has 0 aliphatic heterocycles. The number of aliphatic carboxylic acids is 1. The number of hydrogen-bond donors (Lipinski definition) is 2. The van der Waals surface area contributed by atoms with E-state index in [1.807, 2.05) is 6.92 Å². The minimum absolute atomic E-state index is 0.0270. The first-order valence-electron chi connectivity index (χ1n) is 4.83. The van der Waals surface area contributed by atoms with E-state index in [0.717, 1.165) is 6.42 Å². The summed E-state index contributed by atoms with van der Waals surface area (Å²) >= 11 is 0. The molecular weight excluding hydrogens is 184 g/mol. The second-order valence-corrected chi connectivity index (χ2v) is 4.33. The second kappa shape index (κ2) is 5.32. The Kier molecular flexibility index (Phi) is 5.08. The van der Waals surface area contributed by atoms with Crippen LogP contribution < -0.4 is 0 Å². The Labute approximate surface area is 84.9 Å². The summed E-state index contributed by atoms with van der Waals surface area (Å²) in [4.78, 5) is 10.5. The third-order valence-corrected chi connectivity index (χ3v) is 1.91. The van der Waals surface area contributed by atoms with Gasteiger partial charge >= 0.3 is 5.97 Å². The predicted octanol–water partition coefficient (Wildman–Crippen LogP) is 1.27. The van der Waals surface area contributed by atoms with E-state index in [1.165, 1.54) is 6.92 Å². The molecule has 4 heteroatoms. The largest absolute Gasteiger partial charge is 0.479 e. The molecular formula is C10H20O4. The highest BCUT2D eigenvalue weighted by Crippen LogP contribution is 2.11. The van der Waals surface area contributed by atoms with E-state index in [0.29, 0.717) is 5.92 Å². The molecule has 0 aromatic heterocycles. The monoisotopic (exact) mass is 204 g/mol. The number of rotatable bonds is 6. The van der Waals surface area contributed by atoms with Crippen LogP contribution in [0, 0.1) is 5.92 Å². The Hall–Kier alpha value is -0.610. The molecule has 0 aliphatic carbocycles. The average Bonchev–Trinajstić information content (AvgIpc) is 1.99. The van der Waals surface area contributed by atoms with Gasteiger partial charge in [0.25, 0.3) is 0 Å². The van der Waals surface area contributed by atoms with Gasteiger partial charge < -0.3 is 14.9 Å². The molecule has 2 N–H and O–H groups in total. The first kappa shape index (κ1) is 13.4. The van der Waals surface area contributed by atoms with Crippen LogP contribution >= 0.6 is 0 Å². The standard InChI is InChI=1S/C10H20O4/c1-7(2)5-8(3)14-6-10(4,13)9(11)12/h7-8,13H,5-6H2,1-4H3,(H,11,12). The zero-order chi connectivity index (χ0) is 11.4. The van der Waals surface area contributed by atoms with Gasteiger partial charge in [-0.3, -0.25) is 0 Å². The van der Waals surface area contributed by atoms with Crippen LogP contribution in [0.1, 0.15) is 34.1 Å². The molecule has 0 saturated heterocycles. The number of carboxylic acids is 1. The summed E-state index contributed by atoms with van der Waals surface area (Å²) in [5, 5.41) is 18.0. The van der Waals surface area contributed by atoms with Crippen LogP contribution in [-0.4, -0.2) is 34.5 Å². The molecule has 2 atom stereocenters. The van der Waals surface area contributed by atoms with E-state index in [2.05, 4.69) is 13.8 Å². The minimum atomic E-state index is -1.79. The van der Waals surface area contributed by atoms with Crippen molar-refractivity contribution in [3.8, 4) is 0 Å². The number of carboxylic acid groups (broad SMARTS) is 1. The lowest BCUT2D eigenvalue weighted by Gasteiger charge is -2.22. The van der Waals surface area contributed by atoms with Gasteiger partial charge in [-0.15, -0.1) is 0 Å². The Morgan fingerprint density at radius 1 is 1.43 bits per heavy atom. The van der Waals surface area contributed by atoms with Gasteiger partial charge in [0.15, 0.2) is 5.60 Å². The SMILES string of the molecule is CC(C)CC(C)OCC(C)(O)C(=O)O. The molecule has 0 aromatic rings. The van der Waals surface area contributed by atoms with Crippen molar-refractivity contribution in [1.29, 1.82) is 0 Å². The average molecular weight is 204 g/mol. The third kappa shape index (κ3) is 5.19. The molecule has 0 radical (unpaired) electrons. The van der Waals surface area contributed by atoms with E-state index < -0.39 is 11.6 Å². The number of ether oxygens (including phenoxy) is 1. The maximum atomic E-state index is 10.5. The van der Waals surface area contributed by atoms with E-state index in [4.69, 9.17) is 9.84 Å². The molecule has 0 amide bonds. The number of aliphatic hydroxyl groups is 1.